The molecule has 2 rings (SSSR count). The van der Waals surface area contributed by atoms with Gasteiger partial charge in [-0.2, -0.15) is 0 Å². The lowest BCUT2D eigenvalue weighted by molar-refractivity contribution is 0.487. The zero-order valence-electron chi connectivity index (χ0n) is 11.6. The molecule has 0 aromatic heterocycles. The largest absolute Gasteiger partial charge is 0.314 e. The zero-order chi connectivity index (χ0) is 12.5. The monoisotopic (exact) mass is 231 g/mol. The van der Waals surface area contributed by atoms with Crippen LogP contribution >= 0.6 is 0 Å². The fourth-order valence-electron chi connectivity index (χ4n) is 2.86. The molecule has 2 unspecified atom stereocenters. The highest BCUT2D eigenvalue weighted by Gasteiger charge is 2.53. The third kappa shape index (κ3) is 2.55. The summed E-state index contributed by atoms with van der Waals surface area (Å²) in [5, 5.41) is 3.63. The Morgan fingerprint density at radius 1 is 1.29 bits per heavy atom. The van der Waals surface area contributed by atoms with Crippen molar-refractivity contribution in [3.63, 3.8) is 0 Å². The highest BCUT2D eigenvalue weighted by molar-refractivity contribution is 5.36. The van der Waals surface area contributed by atoms with Crippen molar-refractivity contribution in [2.45, 2.75) is 52.0 Å². The Kier molecular flexibility index (Phi) is 3.58. The molecule has 0 aliphatic heterocycles. The molecule has 1 nitrogen and oxygen atoms in total. The van der Waals surface area contributed by atoms with Crippen LogP contribution in [0.2, 0.25) is 0 Å². The molecular weight excluding hydrogens is 206 g/mol. The number of benzene rings is 1. The normalized spacial score (nSPS) is 27.5. The second-order valence-corrected chi connectivity index (χ2v) is 5.87. The van der Waals surface area contributed by atoms with Crippen molar-refractivity contribution in [3.05, 3.63) is 35.4 Å². The molecule has 17 heavy (non-hydrogen) atoms. The zero-order valence-corrected chi connectivity index (χ0v) is 11.6. The van der Waals surface area contributed by atoms with Gasteiger partial charge in [0.1, 0.15) is 0 Å². The van der Waals surface area contributed by atoms with Gasteiger partial charge >= 0.3 is 0 Å². The standard InChI is InChI=1S/C16H25N/c1-5-14-10-16(14,11-17-12(2)3)15-8-6-13(4)7-9-15/h6-9,12,14,17H,5,10-11H2,1-4H3. The van der Waals surface area contributed by atoms with Gasteiger partial charge in [-0.15, -0.1) is 0 Å². The van der Waals surface area contributed by atoms with E-state index in [0.29, 0.717) is 11.5 Å². The molecule has 1 aliphatic rings. The summed E-state index contributed by atoms with van der Waals surface area (Å²) < 4.78 is 0. The lowest BCUT2D eigenvalue weighted by Gasteiger charge is -2.20. The summed E-state index contributed by atoms with van der Waals surface area (Å²) in [7, 11) is 0. The summed E-state index contributed by atoms with van der Waals surface area (Å²) in [6, 6.07) is 9.73. The van der Waals surface area contributed by atoms with E-state index in [0.717, 1.165) is 12.5 Å². The van der Waals surface area contributed by atoms with E-state index in [2.05, 4.69) is 57.3 Å². The van der Waals surface area contributed by atoms with Crippen molar-refractivity contribution in [1.29, 1.82) is 0 Å². The smallest absolute Gasteiger partial charge is 0.0109 e. The number of hydrogen-bond acceptors (Lipinski definition) is 1. The van der Waals surface area contributed by atoms with Gasteiger partial charge in [-0.1, -0.05) is 57.0 Å². The van der Waals surface area contributed by atoms with Gasteiger partial charge < -0.3 is 5.32 Å². The Bertz CT molecular complexity index is 366. The molecule has 2 atom stereocenters. The first kappa shape index (κ1) is 12.6. The summed E-state index contributed by atoms with van der Waals surface area (Å²) in [4.78, 5) is 0. The fourth-order valence-corrected chi connectivity index (χ4v) is 2.86. The predicted molar refractivity (Wildman–Crippen MR) is 74.4 cm³/mol. The van der Waals surface area contributed by atoms with Crippen LogP contribution in [0.3, 0.4) is 0 Å². The van der Waals surface area contributed by atoms with E-state index >= 15 is 0 Å². The first-order chi connectivity index (χ1) is 8.08. The van der Waals surface area contributed by atoms with Crippen LogP contribution in [0.15, 0.2) is 24.3 Å². The maximum Gasteiger partial charge on any atom is 0.0109 e. The molecule has 1 saturated carbocycles. The van der Waals surface area contributed by atoms with Gasteiger partial charge in [-0.3, -0.25) is 0 Å². The van der Waals surface area contributed by atoms with E-state index in [1.807, 2.05) is 0 Å². The molecule has 1 N–H and O–H groups in total. The molecule has 0 radical (unpaired) electrons. The Hall–Kier alpha value is -0.820. The van der Waals surface area contributed by atoms with E-state index in [4.69, 9.17) is 0 Å². The van der Waals surface area contributed by atoms with Crippen molar-refractivity contribution in [1.82, 2.24) is 5.32 Å². The fraction of sp³-hybridized carbons (Fsp3) is 0.625. The highest BCUT2D eigenvalue weighted by atomic mass is 14.9. The van der Waals surface area contributed by atoms with E-state index in [1.54, 1.807) is 0 Å². The molecule has 0 heterocycles. The van der Waals surface area contributed by atoms with Crippen LogP contribution in [0, 0.1) is 12.8 Å². The van der Waals surface area contributed by atoms with Crippen molar-refractivity contribution < 1.29 is 0 Å². The van der Waals surface area contributed by atoms with Gasteiger partial charge in [0.2, 0.25) is 0 Å². The molecule has 0 bridgehead atoms. The minimum absolute atomic E-state index is 0.423. The van der Waals surface area contributed by atoms with Crippen LogP contribution in [-0.2, 0) is 5.41 Å². The van der Waals surface area contributed by atoms with E-state index in [1.165, 1.54) is 24.0 Å². The van der Waals surface area contributed by atoms with Crippen LogP contribution in [0.4, 0.5) is 0 Å². The predicted octanol–water partition coefficient (Wildman–Crippen LogP) is 3.66. The number of aryl methyl sites for hydroxylation is 1. The number of rotatable bonds is 5. The molecule has 0 spiro atoms. The van der Waals surface area contributed by atoms with E-state index < -0.39 is 0 Å². The quantitative estimate of drug-likeness (QED) is 0.815. The Morgan fingerprint density at radius 2 is 1.94 bits per heavy atom. The van der Waals surface area contributed by atoms with Crippen LogP contribution in [-0.4, -0.2) is 12.6 Å². The summed E-state index contributed by atoms with van der Waals surface area (Å²) in [5.74, 6) is 0.872. The molecule has 1 fully saturated rings. The molecule has 1 heteroatoms. The van der Waals surface area contributed by atoms with Crippen molar-refractivity contribution in [2.24, 2.45) is 5.92 Å². The van der Waals surface area contributed by atoms with Gasteiger partial charge in [-0.05, 0) is 24.8 Å². The summed E-state index contributed by atoms with van der Waals surface area (Å²) in [6.45, 7) is 10.1. The SMILES string of the molecule is CCC1CC1(CNC(C)C)c1ccc(C)cc1. The molecule has 0 amide bonds. The molecular formula is C16H25N. The minimum atomic E-state index is 0.423. The van der Waals surface area contributed by atoms with E-state index in [-0.39, 0.29) is 0 Å². The number of nitrogens with one attached hydrogen (secondary N) is 1. The first-order valence-electron chi connectivity index (χ1n) is 6.89. The maximum absolute atomic E-state index is 3.63. The van der Waals surface area contributed by atoms with E-state index in [9.17, 15) is 0 Å². The second kappa shape index (κ2) is 4.81. The topological polar surface area (TPSA) is 12.0 Å². The lowest BCUT2D eigenvalue weighted by atomic mass is 9.91. The van der Waals surface area contributed by atoms with Gasteiger partial charge in [0.15, 0.2) is 0 Å². The number of hydrogen-bond donors (Lipinski definition) is 1. The van der Waals surface area contributed by atoms with Crippen LogP contribution in [0.5, 0.6) is 0 Å². The molecule has 1 aromatic rings. The highest BCUT2D eigenvalue weighted by Crippen LogP contribution is 2.55. The summed E-state index contributed by atoms with van der Waals surface area (Å²) in [6.07, 6.45) is 2.65. The van der Waals surface area contributed by atoms with Gasteiger partial charge in [0.25, 0.3) is 0 Å². The third-order valence-electron chi connectivity index (χ3n) is 4.18. The third-order valence-corrected chi connectivity index (χ3v) is 4.18. The van der Waals surface area contributed by atoms with Crippen LogP contribution < -0.4 is 5.32 Å². The maximum atomic E-state index is 3.63. The minimum Gasteiger partial charge on any atom is -0.314 e. The van der Waals surface area contributed by atoms with Crippen LogP contribution in [0.25, 0.3) is 0 Å². The van der Waals surface area contributed by atoms with Gasteiger partial charge in [0.05, 0.1) is 0 Å². The molecule has 0 saturated heterocycles. The Morgan fingerprint density at radius 3 is 2.41 bits per heavy atom. The van der Waals surface area contributed by atoms with Gasteiger partial charge in [-0.25, -0.2) is 0 Å². The Balaban J connectivity index is 2.15. The molecule has 1 aromatic carbocycles. The average molecular weight is 231 g/mol. The summed E-state index contributed by atoms with van der Waals surface area (Å²) in [5.41, 5.74) is 3.31. The van der Waals surface area contributed by atoms with Crippen LogP contribution in [0.1, 0.15) is 44.7 Å². The second-order valence-electron chi connectivity index (χ2n) is 5.87. The average Bonchev–Trinajstić information content (AvgIpc) is 3.02. The first-order valence-corrected chi connectivity index (χ1v) is 6.89. The van der Waals surface area contributed by atoms with Crippen molar-refractivity contribution in [3.8, 4) is 0 Å². The summed E-state index contributed by atoms with van der Waals surface area (Å²) >= 11 is 0. The lowest BCUT2D eigenvalue weighted by Crippen LogP contribution is -2.33. The molecule has 94 valence electrons. The van der Waals surface area contributed by atoms with Gasteiger partial charge in [0, 0.05) is 18.0 Å². The van der Waals surface area contributed by atoms with Crippen molar-refractivity contribution in [2.75, 3.05) is 6.54 Å². The van der Waals surface area contributed by atoms with Crippen molar-refractivity contribution >= 4 is 0 Å². The Labute approximate surface area is 106 Å². The molecule has 1 aliphatic carbocycles.